The van der Waals surface area contributed by atoms with Gasteiger partial charge in [0.1, 0.15) is 5.03 Å². The first-order valence-corrected chi connectivity index (χ1v) is 7.46. The zero-order chi connectivity index (χ0) is 15.4. The fourth-order valence-corrected chi connectivity index (χ4v) is 2.74. The maximum atomic E-state index is 11.6. The van der Waals surface area contributed by atoms with E-state index in [4.69, 9.17) is 0 Å². The van der Waals surface area contributed by atoms with Crippen LogP contribution in [0.3, 0.4) is 0 Å². The van der Waals surface area contributed by atoms with Crippen molar-refractivity contribution in [3.05, 3.63) is 34.8 Å². The van der Waals surface area contributed by atoms with Gasteiger partial charge in [0, 0.05) is 12.4 Å². The van der Waals surface area contributed by atoms with Crippen LogP contribution in [-0.4, -0.2) is 31.2 Å². The number of aromatic carboxylic acids is 1. The number of nitrogens with zero attached hydrogens (tertiary/aromatic N) is 4. The van der Waals surface area contributed by atoms with Crippen LogP contribution in [0, 0.1) is 6.92 Å². The number of hydrogen-bond donors (Lipinski definition) is 1. The Kier molecular flexibility index (Phi) is 4.85. The molecule has 7 heteroatoms. The van der Waals surface area contributed by atoms with Gasteiger partial charge in [0.15, 0.2) is 5.16 Å². The molecule has 0 saturated heterocycles. The summed E-state index contributed by atoms with van der Waals surface area (Å²) in [6, 6.07) is 0. The molecule has 21 heavy (non-hydrogen) atoms. The van der Waals surface area contributed by atoms with E-state index in [-0.39, 0.29) is 5.56 Å². The summed E-state index contributed by atoms with van der Waals surface area (Å²) in [7, 11) is 0. The molecule has 0 spiro atoms. The zero-order valence-corrected chi connectivity index (χ0v) is 12.9. The summed E-state index contributed by atoms with van der Waals surface area (Å²) >= 11 is 1.12. The van der Waals surface area contributed by atoms with Crippen LogP contribution in [0.2, 0.25) is 0 Å². The highest BCUT2D eigenvalue weighted by Crippen LogP contribution is 2.29. The van der Waals surface area contributed by atoms with E-state index < -0.39 is 5.97 Å². The van der Waals surface area contributed by atoms with Gasteiger partial charge in [0.2, 0.25) is 0 Å². The van der Waals surface area contributed by atoms with Crippen molar-refractivity contribution < 1.29 is 9.90 Å². The van der Waals surface area contributed by atoms with Gasteiger partial charge in [-0.2, -0.15) is 5.10 Å². The molecule has 0 aliphatic heterocycles. The van der Waals surface area contributed by atoms with Crippen LogP contribution in [0.15, 0.2) is 22.6 Å². The Morgan fingerprint density at radius 2 is 1.86 bits per heavy atom. The quantitative estimate of drug-likeness (QED) is 0.849. The Labute approximate surface area is 127 Å². The third-order valence-electron chi connectivity index (χ3n) is 2.97. The van der Waals surface area contributed by atoms with E-state index in [9.17, 15) is 9.90 Å². The van der Waals surface area contributed by atoms with E-state index in [0.29, 0.717) is 23.0 Å². The first kappa shape index (κ1) is 15.4. The lowest BCUT2D eigenvalue weighted by atomic mass is 10.0. The fourth-order valence-electron chi connectivity index (χ4n) is 1.97. The van der Waals surface area contributed by atoms with E-state index in [0.717, 1.165) is 28.6 Å². The summed E-state index contributed by atoms with van der Waals surface area (Å²) in [5.74, 6) is -0.994. The van der Waals surface area contributed by atoms with Crippen molar-refractivity contribution in [3.8, 4) is 0 Å². The summed E-state index contributed by atoms with van der Waals surface area (Å²) in [6.07, 6.45) is 4.62. The molecular formula is C14H16N4O2S. The van der Waals surface area contributed by atoms with Crippen LogP contribution in [0.25, 0.3) is 0 Å². The molecule has 1 N–H and O–H groups in total. The minimum Gasteiger partial charge on any atom is -0.478 e. The lowest BCUT2D eigenvalue weighted by Gasteiger charge is -2.11. The maximum absolute atomic E-state index is 11.6. The molecular weight excluding hydrogens is 288 g/mol. The van der Waals surface area contributed by atoms with Crippen molar-refractivity contribution in [2.45, 2.75) is 43.8 Å². The van der Waals surface area contributed by atoms with Gasteiger partial charge in [-0.1, -0.05) is 13.8 Å². The zero-order valence-electron chi connectivity index (χ0n) is 12.1. The van der Waals surface area contributed by atoms with Crippen molar-refractivity contribution in [2.24, 2.45) is 0 Å². The Morgan fingerprint density at radius 1 is 1.19 bits per heavy atom. The molecule has 0 aromatic carbocycles. The van der Waals surface area contributed by atoms with Crippen LogP contribution in [0.5, 0.6) is 0 Å². The molecule has 0 radical (unpaired) electrons. The Balaban J connectivity index is 2.48. The minimum atomic E-state index is -0.994. The smallest absolute Gasteiger partial charge is 0.338 e. The maximum Gasteiger partial charge on any atom is 0.338 e. The fraction of sp³-hybridized carbons (Fsp3) is 0.357. The molecule has 110 valence electrons. The molecule has 6 nitrogen and oxygen atoms in total. The molecule has 0 fully saturated rings. The summed E-state index contributed by atoms with van der Waals surface area (Å²) in [6.45, 7) is 5.74. The predicted octanol–water partition coefficient (Wildman–Crippen LogP) is 2.55. The van der Waals surface area contributed by atoms with E-state index in [1.165, 1.54) is 0 Å². The summed E-state index contributed by atoms with van der Waals surface area (Å²) in [5.41, 5.74) is 2.61. The van der Waals surface area contributed by atoms with Gasteiger partial charge in [0.05, 0.1) is 11.3 Å². The molecule has 2 rings (SSSR count). The molecule has 2 aromatic rings. The van der Waals surface area contributed by atoms with Crippen molar-refractivity contribution >= 4 is 17.7 Å². The number of hydrogen-bond acceptors (Lipinski definition) is 6. The summed E-state index contributed by atoms with van der Waals surface area (Å²) in [5, 5.41) is 18.5. The van der Waals surface area contributed by atoms with Gasteiger partial charge in [-0.3, -0.25) is 0 Å². The molecule has 2 heterocycles. The molecule has 0 saturated carbocycles. The number of carboxylic acids is 1. The molecule has 0 unspecified atom stereocenters. The van der Waals surface area contributed by atoms with Gasteiger partial charge >= 0.3 is 5.97 Å². The van der Waals surface area contributed by atoms with Gasteiger partial charge in [0.25, 0.3) is 0 Å². The average Bonchev–Trinajstić information content (AvgIpc) is 2.48. The Morgan fingerprint density at radius 3 is 2.38 bits per heavy atom. The highest BCUT2D eigenvalue weighted by molar-refractivity contribution is 7.99. The van der Waals surface area contributed by atoms with E-state index in [2.05, 4.69) is 20.2 Å². The number of aryl methyl sites for hydroxylation is 2. The number of aromatic nitrogens is 4. The number of carbonyl (C=O) groups is 1. The lowest BCUT2D eigenvalue weighted by Crippen LogP contribution is -2.11. The van der Waals surface area contributed by atoms with E-state index in [1.54, 1.807) is 12.4 Å². The number of rotatable bonds is 5. The minimum absolute atomic E-state index is 0.207. The molecule has 0 aliphatic rings. The van der Waals surface area contributed by atoms with Gasteiger partial charge < -0.3 is 5.11 Å². The molecule has 0 amide bonds. The second-order valence-electron chi connectivity index (χ2n) is 4.46. The molecule has 0 atom stereocenters. The SMILES string of the molecule is CCc1nnc(Sc2ncc(C)cn2)c(C(=O)O)c1CC. The predicted molar refractivity (Wildman–Crippen MR) is 78.6 cm³/mol. The number of carboxylic acid groups (broad SMARTS) is 1. The standard InChI is InChI=1S/C14H16N4O2S/c1-4-9-10(5-2)17-18-12(11(9)13(19)20)21-14-15-6-8(3)7-16-14/h6-7H,4-5H2,1-3H3,(H,19,20). The normalized spacial score (nSPS) is 10.6. The molecule has 0 bridgehead atoms. The van der Waals surface area contributed by atoms with E-state index in [1.807, 2.05) is 20.8 Å². The first-order chi connectivity index (χ1) is 10.1. The van der Waals surface area contributed by atoms with Crippen molar-refractivity contribution in [1.82, 2.24) is 20.2 Å². The topological polar surface area (TPSA) is 88.9 Å². The highest BCUT2D eigenvalue weighted by Gasteiger charge is 2.21. The third kappa shape index (κ3) is 3.36. The van der Waals surface area contributed by atoms with Gasteiger partial charge in [-0.15, -0.1) is 5.10 Å². The Hall–Kier alpha value is -2.02. The van der Waals surface area contributed by atoms with E-state index >= 15 is 0 Å². The van der Waals surface area contributed by atoms with Crippen LogP contribution in [0.1, 0.15) is 41.0 Å². The van der Waals surface area contributed by atoms with Crippen LogP contribution < -0.4 is 0 Å². The lowest BCUT2D eigenvalue weighted by molar-refractivity contribution is 0.0690. The largest absolute Gasteiger partial charge is 0.478 e. The van der Waals surface area contributed by atoms with Crippen LogP contribution in [-0.2, 0) is 12.8 Å². The summed E-state index contributed by atoms with van der Waals surface area (Å²) in [4.78, 5) is 19.9. The first-order valence-electron chi connectivity index (χ1n) is 6.65. The van der Waals surface area contributed by atoms with Crippen LogP contribution in [0.4, 0.5) is 0 Å². The van der Waals surface area contributed by atoms with Crippen LogP contribution >= 0.6 is 11.8 Å². The molecule has 0 aliphatic carbocycles. The van der Waals surface area contributed by atoms with Gasteiger partial charge in [-0.05, 0) is 42.7 Å². The highest BCUT2D eigenvalue weighted by atomic mass is 32.2. The average molecular weight is 304 g/mol. The van der Waals surface area contributed by atoms with Crippen molar-refractivity contribution in [2.75, 3.05) is 0 Å². The third-order valence-corrected chi connectivity index (χ3v) is 3.85. The van der Waals surface area contributed by atoms with Crippen molar-refractivity contribution in [1.29, 1.82) is 0 Å². The summed E-state index contributed by atoms with van der Waals surface area (Å²) < 4.78 is 0. The Bertz CT molecular complexity index is 659. The van der Waals surface area contributed by atoms with Crippen molar-refractivity contribution in [3.63, 3.8) is 0 Å². The second-order valence-corrected chi connectivity index (χ2v) is 5.42. The monoisotopic (exact) mass is 304 g/mol. The second kappa shape index (κ2) is 6.62. The molecule has 2 aromatic heterocycles. The van der Waals surface area contributed by atoms with Gasteiger partial charge in [-0.25, -0.2) is 14.8 Å².